The Morgan fingerprint density at radius 3 is 2.85 bits per heavy atom. The van der Waals surface area contributed by atoms with Gasteiger partial charge in [0, 0.05) is 18.8 Å². The molecule has 3 N–H and O–H groups in total. The summed E-state index contributed by atoms with van der Waals surface area (Å²) < 4.78 is 0. The minimum atomic E-state index is -0.448. The molecule has 3 rings (SSSR count). The van der Waals surface area contributed by atoms with E-state index in [4.69, 9.17) is 5.73 Å². The molecule has 0 bridgehead atoms. The number of nitrogens with one attached hydrogen (secondary N) is 1. The first kappa shape index (κ1) is 18.6. The molecule has 7 nitrogen and oxygen atoms in total. The van der Waals surface area contributed by atoms with Gasteiger partial charge in [0.25, 0.3) is 5.91 Å². The van der Waals surface area contributed by atoms with Gasteiger partial charge in [0.15, 0.2) is 0 Å². The van der Waals surface area contributed by atoms with Crippen LogP contribution in [0.15, 0.2) is 30.5 Å². The van der Waals surface area contributed by atoms with Crippen molar-refractivity contribution in [2.24, 2.45) is 5.73 Å². The highest BCUT2D eigenvalue weighted by molar-refractivity contribution is 7.99. The maximum absolute atomic E-state index is 12.2. The zero-order chi connectivity index (χ0) is 18.4. The number of carbonyl (C=O) groups is 2. The number of hydrogen-bond acceptors (Lipinski definition) is 6. The first-order valence-electron chi connectivity index (χ1n) is 8.77. The predicted molar refractivity (Wildman–Crippen MR) is 103 cm³/mol. The van der Waals surface area contributed by atoms with E-state index >= 15 is 0 Å². The molecule has 1 aliphatic heterocycles. The normalized spacial score (nSPS) is 15.2. The maximum atomic E-state index is 12.2. The lowest BCUT2D eigenvalue weighted by atomic mass is 10.1. The molecular formula is C18H23N5O2S. The van der Waals surface area contributed by atoms with Crippen LogP contribution in [0.3, 0.4) is 0 Å². The molecule has 2 heterocycles. The number of fused-ring (bicyclic) bond motifs is 1. The Bertz CT molecular complexity index is 779. The number of amides is 2. The van der Waals surface area contributed by atoms with Crippen LogP contribution in [0.1, 0.15) is 29.8 Å². The molecule has 1 saturated heterocycles. The van der Waals surface area contributed by atoms with E-state index in [1.165, 1.54) is 6.20 Å². The van der Waals surface area contributed by atoms with E-state index < -0.39 is 6.04 Å². The van der Waals surface area contributed by atoms with Gasteiger partial charge in [-0.15, -0.1) is 11.8 Å². The SMILES string of the molecule is NC(CCCCNC(=O)c1cnc2ccccc2n1)C(=O)N1CCSC1. The van der Waals surface area contributed by atoms with Gasteiger partial charge in [-0.25, -0.2) is 4.98 Å². The highest BCUT2D eigenvalue weighted by Crippen LogP contribution is 2.15. The standard InChI is InChI=1S/C18H23N5O2S/c19-13(18(25)23-9-10-26-12-23)5-3-4-8-20-17(24)16-11-21-14-6-1-2-7-15(14)22-16/h1-2,6-7,11,13H,3-5,8-10,12,19H2,(H,20,24). The lowest BCUT2D eigenvalue weighted by molar-refractivity contribution is -0.131. The molecule has 8 heteroatoms. The average Bonchev–Trinajstić information content (AvgIpc) is 3.21. The summed E-state index contributed by atoms with van der Waals surface area (Å²) in [4.78, 5) is 34.7. The first-order chi connectivity index (χ1) is 12.6. The largest absolute Gasteiger partial charge is 0.351 e. The summed E-state index contributed by atoms with van der Waals surface area (Å²) in [5, 5.41) is 2.84. The summed E-state index contributed by atoms with van der Waals surface area (Å²) in [7, 11) is 0. The summed E-state index contributed by atoms with van der Waals surface area (Å²) in [5.41, 5.74) is 7.75. The minimum Gasteiger partial charge on any atom is -0.351 e. The molecule has 1 unspecified atom stereocenters. The first-order valence-corrected chi connectivity index (χ1v) is 9.93. The molecular weight excluding hydrogens is 350 g/mol. The quantitative estimate of drug-likeness (QED) is 0.711. The molecule has 0 spiro atoms. The van der Waals surface area contributed by atoms with Crippen LogP contribution in [0.4, 0.5) is 0 Å². The van der Waals surface area contributed by atoms with Gasteiger partial charge in [-0.3, -0.25) is 14.6 Å². The van der Waals surface area contributed by atoms with Crippen molar-refractivity contribution in [3.63, 3.8) is 0 Å². The van der Waals surface area contributed by atoms with Crippen LogP contribution in [0.5, 0.6) is 0 Å². The fourth-order valence-electron chi connectivity index (χ4n) is 2.79. The van der Waals surface area contributed by atoms with Crippen molar-refractivity contribution in [3.8, 4) is 0 Å². The third kappa shape index (κ3) is 4.70. The van der Waals surface area contributed by atoms with E-state index in [0.29, 0.717) is 24.2 Å². The number of nitrogens with zero attached hydrogens (tertiary/aromatic N) is 3. The van der Waals surface area contributed by atoms with Gasteiger partial charge in [-0.1, -0.05) is 12.1 Å². The molecule has 138 valence electrons. The van der Waals surface area contributed by atoms with Crippen molar-refractivity contribution >= 4 is 34.6 Å². The molecule has 0 saturated carbocycles. The van der Waals surface area contributed by atoms with Crippen molar-refractivity contribution in [2.45, 2.75) is 25.3 Å². The highest BCUT2D eigenvalue weighted by Gasteiger charge is 2.23. The van der Waals surface area contributed by atoms with Gasteiger partial charge >= 0.3 is 0 Å². The number of para-hydroxylation sites is 2. The van der Waals surface area contributed by atoms with Crippen LogP contribution in [0.2, 0.25) is 0 Å². The molecule has 1 fully saturated rings. The molecule has 2 aromatic rings. The Hall–Kier alpha value is -2.19. The summed E-state index contributed by atoms with van der Waals surface area (Å²) in [6.07, 6.45) is 3.67. The van der Waals surface area contributed by atoms with Crippen molar-refractivity contribution in [2.75, 3.05) is 24.7 Å². The zero-order valence-electron chi connectivity index (χ0n) is 14.6. The van der Waals surface area contributed by atoms with Gasteiger partial charge in [-0.05, 0) is 31.4 Å². The van der Waals surface area contributed by atoms with E-state index in [1.807, 2.05) is 29.2 Å². The van der Waals surface area contributed by atoms with E-state index in [-0.39, 0.29) is 11.8 Å². The van der Waals surface area contributed by atoms with Gasteiger partial charge < -0.3 is 16.0 Å². The third-order valence-electron chi connectivity index (χ3n) is 4.29. The van der Waals surface area contributed by atoms with Crippen molar-refractivity contribution in [1.29, 1.82) is 0 Å². The zero-order valence-corrected chi connectivity index (χ0v) is 15.4. The number of rotatable bonds is 7. The fraction of sp³-hybridized carbons (Fsp3) is 0.444. The molecule has 0 radical (unpaired) electrons. The second-order valence-corrected chi connectivity index (χ2v) is 7.32. The molecule has 0 aliphatic carbocycles. The summed E-state index contributed by atoms with van der Waals surface area (Å²) in [5.74, 6) is 1.53. The van der Waals surface area contributed by atoms with Crippen molar-refractivity contribution in [3.05, 3.63) is 36.2 Å². The monoisotopic (exact) mass is 373 g/mol. The predicted octanol–water partition coefficient (Wildman–Crippen LogP) is 1.39. The van der Waals surface area contributed by atoms with E-state index in [9.17, 15) is 9.59 Å². The Morgan fingerprint density at radius 1 is 1.27 bits per heavy atom. The highest BCUT2D eigenvalue weighted by atomic mass is 32.2. The second kappa shape index (κ2) is 8.95. The number of thioether (sulfide) groups is 1. The van der Waals surface area contributed by atoms with Crippen LogP contribution in [-0.2, 0) is 4.79 Å². The number of carbonyl (C=O) groups excluding carboxylic acids is 2. The topological polar surface area (TPSA) is 101 Å². The Labute approximate surface area is 156 Å². The smallest absolute Gasteiger partial charge is 0.271 e. The van der Waals surface area contributed by atoms with Crippen LogP contribution in [0, 0.1) is 0 Å². The molecule has 2 amide bonds. The number of benzene rings is 1. The number of aromatic nitrogens is 2. The summed E-state index contributed by atoms with van der Waals surface area (Å²) in [6.45, 7) is 1.31. The fourth-order valence-corrected chi connectivity index (χ4v) is 3.75. The van der Waals surface area contributed by atoms with Gasteiger partial charge in [0.05, 0.1) is 29.1 Å². The summed E-state index contributed by atoms with van der Waals surface area (Å²) >= 11 is 1.75. The Kier molecular flexibility index (Phi) is 6.40. The third-order valence-corrected chi connectivity index (χ3v) is 5.26. The summed E-state index contributed by atoms with van der Waals surface area (Å²) in [6, 6.07) is 6.99. The van der Waals surface area contributed by atoms with Crippen LogP contribution < -0.4 is 11.1 Å². The molecule has 1 aromatic carbocycles. The lowest BCUT2D eigenvalue weighted by Gasteiger charge is -2.19. The Morgan fingerprint density at radius 2 is 2.08 bits per heavy atom. The molecule has 1 aromatic heterocycles. The minimum absolute atomic E-state index is 0.0328. The van der Waals surface area contributed by atoms with E-state index in [1.54, 1.807) is 11.8 Å². The molecule has 26 heavy (non-hydrogen) atoms. The van der Waals surface area contributed by atoms with Crippen molar-refractivity contribution < 1.29 is 9.59 Å². The number of unbranched alkanes of at least 4 members (excludes halogenated alkanes) is 1. The van der Waals surface area contributed by atoms with Gasteiger partial charge in [0.1, 0.15) is 5.69 Å². The molecule has 1 atom stereocenters. The van der Waals surface area contributed by atoms with Crippen LogP contribution >= 0.6 is 11.8 Å². The van der Waals surface area contributed by atoms with Gasteiger partial charge in [-0.2, -0.15) is 0 Å². The molecule has 1 aliphatic rings. The van der Waals surface area contributed by atoms with Crippen LogP contribution in [0.25, 0.3) is 11.0 Å². The maximum Gasteiger partial charge on any atom is 0.271 e. The van der Waals surface area contributed by atoms with E-state index in [2.05, 4.69) is 15.3 Å². The Balaban J connectivity index is 1.38. The number of hydrogen-bond donors (Lipinski definition) is 2. The van der Waals surface area contributed by atoms with Crippen molar-refractivity contribution in [1.82, 2.24) is 20.2 Å². The number of nitrogens with two attached hydrogens (primary N) is 1. The van der Waals surface area contributed by atoms with Gasteiger partial charge in [0.2, 0.25) is 5.91 Å². The van der Waals surface area contributed by atoms with E-state index in [0.717, 1.165) is 36.5 Å². The van der Waals surface area contributed by atoms with Crippen LogP contribution in [-0.4, -0.2) is 57.4 Å². The average molecular weight is 373 g/mol. The second-order valence-electron chi connectivity index (χ2n) is 6.24. The lowest BCUT2D eigenvalue weighted by Crippen LogP contribution is -2.42.